The third-order valence-corrected chi connectivity index (χ3v) is 7.40. The molecule has 3 aromatic rings. The van der Waals surface area contributed by atoms with E-state index in [-0.39, 0.29) is 29.5 Å². The Morgan fingerprint density at radius 2 is 1.77 bits per heavy atom. The second kappa shape index (κ2) is 10.9. The molecule has 5 rings (SSSR count). The zero-order valence-electron chi connectivity index (χ0n) is 22.6. The van der Waals surface area contributed by atoms with Crippen LogP contribution < -0.4 is 20.3 Å². The summed E-state index contributed by atoms with van der Waals surface area (Å²) in [5.74, 6) is 0.277. The van der Waals surface area contributed by atoms with Crippen LogP contribution in [0.25, 0.3) is 0 Å². The van der Waals surface area contributed by atoms with Crippen LogP contribution in [0.3, 0.4) is 0 Å². The molecule has 1 aliphatic heterocycles. The van der Waals surface area contributed by atoms with Crippen molar-refractivity contribution >= 4 is 23.1 Å². The second-order valence-corrected chi connectivity index (χ2v) is 11.0. The van der Waals surface area contributed by atoms with Crippen molar-refractivity contribution in [3.05, 3.63) is 101 Å². The first-order chi connectivity index (χ1) is 18.8. The number of ketones is 1. The van der Waals surface area contributed by atoms with Crippen LogP contribution in [0.2, 0.25) is 0 Å². The Labute approximate surface area is 228 Å². The number of amides is 1. The van der Waals surface area contributed by atoms with Crippen molar-refractivity contribution in [2.24, 2.45) is 5.41 Å². The third kappa shape index (κ3) is 5.67. The number of Topliss-reactive ketones (excluding diaryl/α,β-unsaturated/α-hetero) is 1. The summed E-state index contributed by atoms with van der Waals surface area (Å²) in [6.45, 7) is 4.67. The van der Waals surface area contributed by atoms with E-state index in [1.807, 2.05) is 53.4 Å². The number of para-hydroxylation sites is 3. The monoisotopic (exact) mass is 527 g/mol. The molecule has 0 saturated carbocycles. The summed E-state index contributed by atoms with van der Waals surface area (Å²) in [4.78, 5) is 29.2. The van der Waals surface area contributed by atoms with Crippen LogP contribution in [0.1, 0.15) is 43.9 Å². The average molecular weight is 528 g/mol. The molecule has 6 nitrogen and oxygen atoms in total. The summed E-state index contributed by atoms with van der Waals surface area (Å²) in [7, 11) is 1.62. The SMILES string of the molecule is COc1ccccc1C1C2=C(CC(C)(C)CC2=O)Nc2ccccc2N1CC(=O)NCCc1ccc(F)cc1. The maximum atomic E-state index is 13.8. The van der Waals surface area contributed by atoms with Gasteiger partial charge in [-0.3, -0.25) is 9.59 Å². The standard InChI is InChI=1S/C32H34FN3O3/c1-32(2)18-25-30(27(37)19-32)31(23-8-4-7-11-28(23)39-3)36(26-10-6-5-9-24(26)35-25)20-29(38)34-17-16-21-12-14-22(33)15-13-21/h4-15,31,35H,16-20H2,1-3H3,(H,34,38). The number of nitrogens with zero attached hydrogens (tertiary/aromatic N) is 1. The Kier molecular flexibility index (Phi) is 7.42. The molecule has 1 heterocycles. The smallest absolute Gasteiger partial charge is 0.239 e. The van der Waals surface area contributed by atoms with Crippen molar-refractivity contribution < 1.29 is 18.7 Å². The lowest BCUT2D eigenvalue weighted by Gasteiger charge is -2.38. The zero-order valence-corrected chi connectivity index (χ0v) is 22.6. The minimum Gasteiger partial charge on any atom is -0.496 e. The molecule has 2 N–H and O–H groups in total. The van der Waals surface area contributed by atoms with Crippen LogP contribution in [-0.4, -0.2) is 31.9 Å². The van der Waals surface area contributed by atoms with Gasteiger partial charge in [0.15, 0.2) is 5.78 Å². The lowest BCUT2D eigenvalue weighted by molar-refractivity contribution is -0.120. The molecule has 0 radical (unpaired) electrons. The highest BCUT2D eigenvalue weighted by Crippen LogP contribution is 2.49. The maximum Gasteiger partial charge on any atom is 0.239 e. The number of carbonyl (C=O) groups is 2. The Hall–Kier alpha value is -4.13. The van der Waals surface area contributed by atoms with E-state index < -0.39 is 6.04 Å². The predicted molar refractivity (Wildman–Crippen MR) is 151 cm³/mol. The van der Waals surface area contributed by atoms with Gasteiger partial charge in [-0.25, -0.2) is 4.39 Å². The van der Waals surface area contributed by atoms with Crippen molar-refractivity contribution in [3.63, 3.8) is 0 Å². The van der Waals surface area contributed by atoms with E-state index in [9.17, 15) is 14.0 Å². The number of methoxy groups -OCH3 is 1. The Morgan fingerprint density at radius 1 is 1.05 bits per heavy atom. The van der Waals surface area contributed by atoms with E-state index in [0.29, 0.717) is 37.1 Å². The summed E-state index contributed by atoms with van der Waals surface area (Å²) < 4.78 is 19.0. The van der Waals surface area contributed by atoms with Crippen LogP contribution in [0.5, 0.6) is 5.75 Å². The fourth-order valence-electron chi connectivity index (χ4n) is 5.65. The van der Waals surface area contributed by atoms with Gasteiger partial charge in [-0.2, -0.15) is 0 Å². The molecule has 39 heavy (non-hydrogen) atoms. The molecule has 1 aliphatic carbocycles. The number of benzene rings is 3. The topological polar surface area (TPSA) is 70.7 Å². The first kappa shape index (κ1) is 26.5. The molecule has 3 aromatic carbocycles. The van der Waals surface area contributed by atoms with Crippen LogP contribution in [0.4, 0.5) is 15.8 Å². The fourth-order valence-corrected chi connectivity index (χ4v) is 5.65. The van der Waals surface area contributed by atoms with Crippen molar-refractivity contribution in [2.45, 2.75) is 39.2 Å². The minimum absolute atomic E-state index is 0.0400. The quantitative estimate of drug-likeness (QED) is 0.406. The number of rotatable bonds is 7. The Balaban J connectivity index is 1.53. The molecule has 1 atom stereocenters. The number of hydrogen-bond acceptors (Lipinski definition) is 5. The highest BCUT2D eigenvalue weighted by atomic mass is 19.1. The van der Waals surface area contributed by atoms with E-state index in [2.05, 4.69) is 24.5 Å². The molecule has 1 unspecified atom stereocenters. The number of halogens is 1. The summed E-state index contributed by atoms with van der Waals surface area (Å²) in [6, 6.07) is 21.3. The van der Waals surface area contributed by atoms with E-state index in [0.717, 1.165) is 28.2 Å². The van der Waals surface area contributed by atoms with Gasteiger partial charge in [-0.05, 0) is 54.2 Å². The number of allylic oxidation sites excluding steroid dienone is 1. The second-order valence-electron chi connectivity index (χ2n) is 11.0. The molecular formula is C32H34FN3O3. The van der Waals surface area contributed by atoms with Crippen LogP contribution >= 0.6 is 0 Å². The van der Waals surface area contributed by atoms with Crippen molar-refractivity contribution in [1.29, 1.82) is 0 Å². The van der Waals surface area contributed by atoms with Crippen LogP contribution in [-0.2, 0) is 16.0 Å². The third-order valence-electron chi connectivity index (χ3n) is 7.40. The Bertz CT molecular complexity index is 1410. The van der Waals surface area contributed by atoms with Crippen molar-refractivity contribution in [3.8, 4) is 5.75 Å². The molecule has 0 saturated heterocycles. The molecule has 0 bridgehead atoms. The molecule has 202 valence electrons. The zero-order chi connectivity index (χ0) is 27.6. The number of hydrogen-bond donors (Lipinski definition) is 2. The summed E-state index contributed by atoms with van der Waals surface area (Å²) in [6.07, 6.45) is 1.72. The van der Waals surface area contributed by atoms with Crippen LogP contribution in [0, 0.1) is 11.2 Å². The van der Waals surface area contributed by atoms with Gasteiger partial charge in [0.1, 0.15) is 11.6 Å². The fraction of sp³-hybridized carbons (Fsp3) is 0.312. The van der Waals surface area contributed by atoms with Gasteiger partial charge < -0.3 is 20.3 Å². The molecule has 2 aliphatic rings. The predicted octanol–water partition coefficient (Wildman–Crippen LogP) is 5.81. The van der Waals surface area contributed by atoms with E-state index >= 15 is 0 Å². The first-order valence-electron chi connectivity index (χ1n) is 13.3. The van der Waals surface area contributed by atoms with E-state index in [4.69, 9.17) is 4.74 Å². The van der Waals surface area contributed by atoms with Crippen LogP contribution in [0.15, 0.2) is 84.1 Å². The highest BCUT2D eigenvalue weighted by Gasteiger charge is 2.42. The van der Waals surface area contributed by atoms with Gasteiger partial charge in [-0.1, -0.05) is 56.3 Å². The summed E-state index contributed by atoms with van der Waals surface area (Å²) in [5, 5.41) is 6.59. The molecule has 1 amide bonds. The van der Waals surface area contributed by atoms with Gasteiger partial charge in [0.2, 0.25) is 5.91 Å². The first-order valence-corrected chi connectivity index (χ1v) is 13.3. The number of fused-ring (bicyclic) bond motifs is 1. The van der Waals surface area contributed by atoms with Gasteiger partial charge in [-0.15, -0.1) is 0 Å². The van der Waals surface area contributed by atoms with E-state index in [1.54, 1.807) is 19.2 Å². The Morgan fingerprint density at radius 3 is 2.54 bits per heavy atom. The van der Waals surface area contributed by atoms with Gasteiger partial charge in [0, 0.05) is 29.8 Å². The van der Waals surface area contributed by atoms with Gasteiger partial charge >= 0.3 is 0 Å². The largest absolute Gasteiger partial charge is 0.496 e. The number of ether oxygens (including phenoxy) is 1. The average Bonchev–Trinajstić information content (AvgIpc) is 3.03. The van der Waals surface area contributed by atoms with Gasteiger partial charge in [0.25, 0.3) is 0 Å². The lowest BCUT2D eigenvalue weighted by Crippen LogP contribution is -2.42. The van der Waals surface area contributed by atoms with Crippen molar-refractivity contribution in [1.82, 2.24) is 5.32 Å². The number of nitrogens with one attached hydrogen (secondary N) is 2. The van der Waals surface area contributed by atoms with Gasteiger partial charge in [0.05, 0.1) is 31.1 Å². The normalized spacial score (nSPS) is 18.0. The molecule has 0 spiro atoms. The molecule has 0 aromatic heterocycles. The maximum absolute atomic E-state index is 13.8. The lowest BCUT2D eigenvalue weighted by atomic mass is 9.73. The van der Waals surface area contributed by atoms with Crippen molar-refractivity contribution in [2.75, 3.05) is 30.4 Å². The molecular weight excluding hydrogens is 493 g/mol. The number of anilines is 2. The molecule has 0 fully saturated rings. The summed E-state index contributed by atoms with van der Waals surface area (Å²) >= 11 is 0. The molecule has 7 heteroatoms. The number of carbonyl (C=O) groups excluding carboxylic acids is 2. The summed E-state index contributed by atoms with van der Waals surface area (Å²) in [5.41, 5.74) is 4.84. The minimum atomic E-state index is -0.515. The highest BCUT2D eigenvalue weighted by molar-refractivity contribution is 6.02. The van der Waals surface area contributed by atoms with E-state index in [1.165, 1.54) is 12.1 Å².